The number of amides is 1. The zero-order valence-electron chi connectivity index (χ0n) is 14.1. The quantitative estimate of drug-likeness (QED) is 0.863. The largest absolute Gasteiger partial charge is 0.335 e. The lowest BCUT2D eigenvalue weighted by atomic mass is 10.1. The first-order valence-electron chi connectivity index (χ1n) is 8.32. The van der Waals surface area contributed by atoms with E-state index in [1.54, 1.807) is 17.0 Å². The lowest BCUT2D eigenvalue weighted by Crippen LogP contribution is -2.48. The summed E-state index contributed by atoms with van der Waals surface area (Å²) < 4.78 is 15.0. The zero-order valence-corrected chi connectivity index (χ0v) is 14.1. The molecule has 0 N–H and O–H groups in total. The minimum absolute atomic E-state index is 0.125. The van der Waals surface area contributed by atoms with Gasteiger partial charge in [0.25, 0.3) is 11.5 Å². The normalized spacial score (nSPS) is 15.9. The number of hydrogen-bond donors (Lipinski definition) is 0. The topological polar surface area (TPSA) is 45.6 Å². The third-order valence-corrected chi connectivity index (χ3v) is 4.53. The van der Waals surface area contributed by atoms with Crippen molar-refractivity contribution in [1.29, 1.82) is 0 Å². The number of nitrogens with zero attached hydrogens (tertiary/aromatic N) is 3. The van der Waals surface area contributed by atoms with E-state index in [4.69, 9.17) is 0 Å². The van der Waals surface area contributed by atoms with Gasteiger partial charge in [-0.2, -0.15) is 0 Å². The Kier molecular flexibility index (Phi) is 4.66. The summed E-state index contributed by atoms with van der Waals surface area (Å²) in [6, 6.07) is 5.83. The van der Waals surface area contributed by atoms with Crippen LogP contribution in [0, 0.1) is 5.82 Å². The highest BCUT2D eigenvalue weighted by molar-refractivity contribution is 5.96. The molecule has 2 heterocycles. The number of carbonyl (C=O) groups is 1. The van der Waals surface area contributed by atoms with E-state index in [9.17, 15) is 14.0 Å². The van der Waals surface area contributed by atoms with E-state index >= 15 is 0 Å². The second-order valence-electron chi connectivity index (χ2n) is 6.31. The van der Waals surface area contributed by atoms with Crippen LogP contribution in [0.5, 0.6) is 0 Å². The van der Waals surface area contributed by atoms with Gasteiger partial charge in [-0.3, -0.25) is 9.59 Å². The maximum absolute atomic E-state index is 13.5. The summed E-state index contributed by atoms with van der Waals surface area (Å²) in [5.74, 6) is -0.569. The van der Waals surface area contributed by atoms with Crippen molar-refractivity contribution in [3.63, 3.8) is 0 Å². The van der Waals surface area contributed by atoms with Crippen LogP contribution >= 0.6 is 0 Å². The molecule has 3 rings (SSSR count). The van der Waals surface area contributed by atoms with E-state index in [-0.39, 0.29) is 11.5 Å². The number of piperazine rings is 1. The van der Waals surface area contributed by atoms with Crippen LogP contribution in [0.15, 0.2) is 29.1 Å². The fourth-order valence-corrected chi connectivity index (χ4v) is 3.11. The molecule has 1 amide bonds. The van der Waals surface area contributed by atoms with Gasteiger partial charge in [0.2, 0.25) is 0 Å². The molecule has 6 heteroatoms. The Labute approximate surface area is 140 Å². The Hall–Kier alpha value is -2.21. The maximum atomic E-state index is 13.5. The van der Waals surface area contributed by atoms with E-state index in [0.717, 1.165) is 19.5 Å². The first-order chi connectivity index (χ1) is 11.5. The van der Waals surface area contributed by atoms with Crippen LogP contribution in [0.25, 0.3) is 10.8 Å². The van der Waals surface area contributed by atoms with Gasteiger partial charge in [0, 0.05) is 32.7 Å². The van der Waals surface area contributed by atoms with Gasteiger partial charge in [-0.1, -0.05) is 13.0 Å². The van der Waals surface area contributed by atoms with Crippen LogP contribution in [0.3, 0.4) is 0 Å². The molecular formula is C18H22FN3O2. The van der Waals surface area contributed by atoms with Crippen molar-refractivity contribution >= 4 is 16.7 Å². The molecule has 1 aromatic heterocycles. The number of pyridine rings is 1. The maximum Gasteiger partial charge on any atom is 0.270 e. The van der Waals surface area contributed by atoms with E-state index < -0.39 is 5.82 Å². The van der Waals surface area contributed by atoms with E-state index in [1.807, 2.05) is 14.0 Å². The van der Waals surface area contributed by atoms with Crippen molar-refractivity contribution in [2.75, 3.05) is 33.2 Å². The molecule has 0 unspecified atom stereocenters. The minimum atomic E-state index is -0.444. The van der Waals surface area contributed by atoms with Gasteiger partial charge in [0.1, 0.15) is 11.5 Å². The standard InChI is InChI=1S/C18H22FN3O2/c1-3-6-22-16(18(24)21-9-7-20(2)8-10-21)11-13-4-5-14(19)12-15(13)17(22)23/h4-5,11-12H,3,6-10H2,1-2H3. The van der Waals surface area contributed by atoms with Gasteiger partial charge in [-0.15, -0.1) is 0 Å². The molecule has 2 aromatic rings. The van der Waals surface area contributed by atoms with Crippen molar-refractivity contribution in [2.45, 2.75) is 19.9 Å². The molecule has 0 saturated carbocycles. The fourth-order valence-electron chi connectivity index (χ4n) is 3.11. The number of likely N-dealkylation sites (N-methyl/N-ethyl adjacent to an activating group) is 1. The van der Waals surface area contributed by atoms with Crippen molar-refractivity contribution in [3.05, 3.63) is 46.1 Å². The molecule has 1 fully saturated rings. The number of rotatable bonds is 3. The average molecular weight is 331 g/mol. The van der Waals surface area contributed by atoms with Gasteiger partial charge in [-0.05, 0) is 37.1 Å². The summed E-state index contributed by atoms with van der Waals surface area (Å²) in [4.78, 5) is 29.6. The highest BCUT2D eigenvalue weighted by Gasteiger charge is 2.24. The SMILES string of the molecule is CCCn1c(C(=O)N2CCN(C)CC2)cc2ccc(F)cc2c1=O. The fraction of sp³-hybridized carbons (Fsp3) is 0.444. The lowest BCUT2D eigenvalue weighted by molar-refractivity contribution is 0.0652. The number of aromatic nitrogens is 1. The Balaban J connectivity index is 2.08. The summed E-state index contributed by atoms with van der Waals surface area (Å²) >= 11 is 0. The van der Waals surface area contributed by atoms with Crippen LogP contribution in [0.1, 0.15) is 23.8 Å². The predicted molar refractivity (Wildman–Crippen MR) is 91.9 cm³/mol. The van der Waals surface area contributed by atoms with E-state index in [1.165, 1.54) is 16.7 Å². The van der Waals surface area contributed by atoms with Crippen LogP contribution in [0.2, 0.25) is 0 Å². The van der Waals surface area contributed by atoms with Crippen LogP contribution < -0.4 is 5.56 Å². The second-order valence-corrected chi connectivity index (χ2v) is 6.31. The van der Waals surface area contributed by atoms with E-state index in [0.29, 0.717) is 36.1 Å². The summed E-state index contributed by atoms with van der Waals surface area (Å²) in [7, 11) is 2.03. The van der Waals surface area contributed by atoms with Crippen molar-refractivity contribution in [3.8, 4) is 0 Å². The molecule has 0 bridgehead atoms. The monoisotopic (exact) mass is 331 g/mol. The highest BCUT2D eigenvalue weighted by Crippen LogP contribution is 2.16. The van der Waals surface area contributed by atoms with Gasteiger partial charge >= 0.3 is 0 Å². The molecule has 128 valence electrons. The van der Waals surface area contributed by atoms with Crippen LogP contribution in [0.4, 0.5) is 4.39 Å². The van der Waals surface area contributed by atoms with Crippen molar-refractivity contribution < 1.29 is 9.18 Å². The summed E-state index contributed by atoms with van der Waals surface area (Å²) in [6.45, 7) is 5.34. The molecule has 1 aliphatic heterocycles. The van der Waals surface area contributed by atoms with Crippen LogP contribution in [-0.4, -0.2) is 53.5 Å². The number of carbonyl (C=O) groups excluding carboxylic acids is 1. The van der Waals surface area contributed by atoms with Crippen molar-refractivity contribution in [2.24, 2.45) is 0 Å². The first-order valence-corrected chi connectivity index (χ1v) is 8.32. The zero-order chi connectivity index (χ0) is 17.3. The van der Waals surface area contributed by atoms with E-state index in [2.05, 4.69) is 4.90 Å². The molecule has 1 saturated heterocycles. The highest BCUT2D eigenvalue weighted by atomic mass is 19.1. The molecule has 0 spiro atoms. The van der Waals surface area contributed by atoms with Crippen molar-refractivity contribution in [1.82, 2.24) is 14.4 Å². The number of fused-ring (bicyclic) bond motifs is 1. The number of benzene rings is 1. The first kappa shape index (κ1) is 16.6. The third-order valence-electron chi connectivity index (χ3n) is 4.53. The summed E-state index contributed by atoms with van der Waals surface area (Å²) in [5.41, 5.74) is 0.0943. The number of hydrogen-bond acceptors (Lipinski definition) is 3. The summed E-state index contributed by atoms with van der Waals surface area (Å²) in [5, 5.41) is 0.921. The predicted octanol–water partition coefficient (Wildman–Crippen LogP) is 1.94. The second kappa shape index (κ2) is 6.73. The Morgan fingerprint density at radius 1 is 1.17 bits per heavy atom. The summed E-state index contributed by atoms with van der Waals surface area (Å²) in [6.07, 6.45) is 0.726. The van der Waals surface area contributed by atoms with Gasteiger partial charge in [0.15, 0.2) is 0 Å². The Morgan fingerprint density at radius 3 is 2.54 bits per heavy atom. The Bertz CT molecular complexity index is 823. The lowest BCUT2D eigenvalue weighted by Gasteiger charge is -2.33. The minimum Gasteiger partial charge on any atom is -0.335 e. The molecule has 24 heavy (non-hydrogen) atoms. The third kappa shape index (κ3) is 3.06. The molecule has 1 aromatic carbocycles. The Morgan fingerprint density at radius 2 is 1.88 bits per heavy atom. The molecular weight excluding hydrogens is 309 g/mol. The van der Waals surface area contributed by atoms with Gasteiger partial charge in [-0.25, -0.2) is 4.39 Å². The molecule has 5 nitrogen and oxygen atoms in total. The van der Waals surface area contributed by atoms with Gasteiger partial charge < -0.3 is 14.4 Å². The smallest absolute Gasteiger partial charge is 0.270 e. The molecule has 0 radical (unpaired) electrons. The number of halogens is 1. The molecule has 1 aliphatic rings. The van der Waals surface area contributed by atoms with Gasteiger partial charge in [0.05, 0.1) is 5.39 Å². The molecule has 0 atom stereocenters. The van der Waals surface area contributed by atoms with Crippen LogP contribution in [-0.2, 0) is 6.54 Å². The molecule has 0 aliphatic carbocycles. The average Bonchev–Trinajstić information content (AvgIpc) is 2.58.